The number of carbonyl (C=O) groups excluding carboxylic acids is 1. The average molecular weight is 370 g/mol. The van der Waals surface area contributed by atoms with Crippen molar-refractivity contribution >= 4 is 38.9 Å². The lowest BCUT2D eigenvalue weighted by Gasteiger charge is -2.13. The van der Waals surface area contributed by atoms with E-state index >= 15 is 0 Å². The van der Waals surface area contributed by atoms with Gasteiger partial charge in [-0.3, -0.25) is 4.79 Å². The van der Waals surface area contributed by atoms with Gasteiger partial charge in [-0.05, 0) is 46.6 Å². The van der Waals surface area contributed by atoms with Gasteiger partial charge in [0.05, 0.1) is 21.6 Å². The predicted molar refractivity (Wildman–Crippen MR) is 88.5 cm³/mol. The molecule has 0 fully saturated rings. The monoisotopic (exact) mass is 369 g/mol. The first-order chi connectivity index (χ1) is 10.1. The number of benzene rings is 1. The maximum atomic E-state index is 12.2. The Kier molecular flexibility index (Phi) is 5.78. The van der Waals surface area contributed by atoms with Crippen LogP contribution in [0.25, 0.3) is 0 Å². The van der Waals surface area contributed by atoms with Gasteiger partial charge in [-0.15, -0.1) is 11.3 Å². The Bertz CT molecular complexity index is 627. The molecule has 0 spiro atoms. The van der Waals surface area contributed by atoms with Gasteiger partial charge in [0.15, 0.2) is 0 Å². The van der Waals surface area contributed by atoms with Crippen LogP contribution in [0.15, 0.2) is 33.4 Å². The second kappa shape index (κ2) is 7.59. The van der Waals surface area contributed by atoms with E-state index in [1.165, 1.54) is 11.3 Å². The molecule has 112 valence electrons. The van der Waals surface area contributed by atoms with E-state index in [0.717, 1.165) is 9.35 Å². The number of ether oxygens (including phenoxy) is 2. The molecule has 21 heavy (non-hydrogen) atoms. The Hall–Kier alpha value is -1.37. The van der Waals surface area contributed by atoms with Crippen molar-refractivity contribution < 1.29 is 14.3 Å². The lowest BCUT2D eigenvalue weighted by Crippen LogP contribution is -2.13. The number of methoxy groups -OCH3 is 1. The van der Waals surface area contributed by atoms with Crippen molar-refractivity contribution in [3.8, 4) is 5.75 Å². The number of amides is 1. The molecule has 1 N–H and O–H groups in total. The summed E-state index contributed by atoms with van der Waals surface area (Å²) in [7, 11) is 1.62. The van der Waals surface area contributed by atoms with E-state index in [4.69, 9.17) is 9.47 Å². The minimum absolute atomic E-state index is 0.155. The smallest absolute Gasteiger partial charge is 0.256 e. The van der Waals surface area contributed by atoms with Crippen LogP contribution in [0, 0.1) is 6.92 Å². The Morgan fingerprint density at radius 2 is 2.14 bits per heavy atom. The number of rotatable bonds is 6. The van der Waals surface area contributed by atoms with Gasteiger partial charge in [-0.25, -0.2) is 0 Å². The number of carbonyl (C=O) groups is 1. The molecule has 2 rings (SSSR count). The quantitative estimate of drug-likeness (QED) is 0.779. The van der Waals surface area contributed by atoms with Gasteiger partial charge in [0, 0.05) is 12.5 Å². The third kappa shape index (κ3) is 4.56. The summed E-state index contributed by atoms with van der Waals surface area (Å²) in [4.78, 5) is 12.2. The fourth-order valence-electron chi connectivity index (χ4n) is 1.71. The summed E-state index contributed by atoms with van der Waals surface area (Å²) in [6.45, 7) is 2.91. The van der Waals surface area contributed by atoms with Crippen molar-refractivity contribution in [3.63, 3.8) is 0 Å². The van der Waals surface area contributed by atoms with E-state index in [2.05, 4.69) is 21.2 Å². The van der Waals surface area contributed by atoms with E-state index in [1.54, 1.807) is 18.6 Å². The molecule has 0 saturated heterocycles. The minimum Gasteiger partial charge on any atom is -0.489 e. The molecule has 0 bridgehead atoms. The second-order valence-corrected chi connectivity index (χ2v) is 6.72. The van der Waals surface area contributed by atoms with Crippen LogP contribution in [-0.4, -0.2) is 26.2 Å². The fraction of sp³-hybridized carbons (Fsp3) is 0.267. The number of hydrogen-bond donors (Lipinski definition) is 1. The van der Waals surface area contributed by atoms with Crippen molar-refractivity contribution in [3.05, 3.63) is 44.6 Å². The standard InChI is InChI=1S/C15H16BrNO3S/c1-10-3-4-12(13(7-10)20-6-5-19-2)17-15(18)11-8-14(16)21-9-11/h3-4,7-9H,5-6H2,1-2H3,(H,17,18). The molecule has 0 atom stereocenters. The van der Waals surface area contributed by atoms with Crippen molar-refractivity contribution in [1.82, 2.24) is 0 Å². The third-order valence-corrected chi connectivity index (χ3v) is 4.26. The molecule has 2 aromatic rings. The van der Waals surface area contributed by atoms with Crippen molar-refractivity contribution in [2.75, 3.05) is 25.6 Å². The first kappa shape index (κ1) is 16.0. The van der Waals surface area contributed by atoms with E-state index in [0.29, 0.717) is 30.2 Å². The molecule has 1 amide bonds. The molecule has 0 aliphatic heterocycles. The molecule has 0 aliphatic carbocycles. The molecule has 0 unspecified atom stereocenters. The molecule has 1 heterocycles. The van der Waals surface area contributed by atoms with Crippen LogP contribution in [0.5, 0.6) is 5.75 Å². The van der Waals surface area contributed by atoms with E-state index in [-0.39, 0.29) is 5.91 Å². The van der Waals surface area contributed by atoms with Gasteiger partial charge in [0.1, 0.15) is 12.4 Å². The highest BCUT2D eigenvalue weighted by molar-refractivity contribution is 9.11. The zero-order valence-corrected chi connectivity index (χ0v) is 14.2. The summed E-state index contributed by atoms with van der Waals surface area (Å²) in [5, 5.41) is 4.68. The third-order valence-electron chi connectivity index (χ3n) is 2.76. The van der Waals surface area contributed by atoms with Gasteiger partial charge >= 0.3 is 0 Å². The van der Waals surface area contributed by atoms with Gasteiger partial charge in [-0.1, -0.05) is 6.07 Å². The van der Waals surface area contributed by atoms with Crippen LogP contribution in [0.4, 0.5) is 5.69 Å². The average Bonchev–Trinajstić information content (AvgIpc) is 2.88. The molecule has 0 radical (unpaired) electrons. The highest BCUT2D eigenvalue weighted by Crippen LogP contribution is 2.27. The Labute approximate surface area is 136 Å². The molecule has 6 heteroatoms. The SMILES string of the molecule is COCCOc1cc(C)ccc1NC(=O)c1csc(Br)c1. The summed E-state index contributed by atoms with van der Waals surface area (Å²) in [5.41, 5.74) is 2.35. The Balaban J connectivity index is 2.13. The molecule has 1 aromatic carbocycles. The van der Waals surface area contributed by atoms with E-state index in [9.17, 15) is 4.79 Å². The molecular formula is C15H16BrNO3S. The maximum absolute atomic E-state index is 12.2. The van der Waals surface area contributed by atoms with Gasteiger partial charge < -0.3 is 14.8 Å². The van der Waals surface area contributed by atoms with Crippen LogP contribution >= 0.6 is 27.3 Å². The van der Waals surface area contributed by atoms with Gasteiger partial charge in [0.2, 0.25) is 0 Å². The van der Waals surface area contributed by atoms with Crippen molar-refractivity contribution in [2.45, 2.75) is 6.92 Å². The summed E-state index contributed by atoms with van der Waals surface area (Å²) < 4.78 is 11.5. The van der Waals surface area contributed by atoms with Gasteiger partial charge in [-0.2, -0.15) is 0 Å². The molecular weight excluding hydrogens is 354 g/mol. The maximum Gasteiger partial charge on any atom is 0.256 e. The zero-order valence-electron chi connectivity index (χ0n) is 11.8. The highest BCUT2D eigenvalue weighted by atomic mass is 79.9. The lowest BCUT2D eigenvalue weighted by molar-refractivity contribution is 0.102. The van der Waals surface area contributed by atoms with Crippen LogP contribution in [-0.2, 0) is 4.74 Å². The van der Waals surface area contributed by atoms with Crippen molar-refractivity contribution in [1.29, 1.82) is 0 Å². The number of halogens is 1. The van der Waals surface area contributed by atoms with E-state index < -0.39 is 0 Å². The number of hydrogen-bond acceptors (Lipinski definition) is 4. The number of nitrogens with one attached hydrogen (secondary N) is 1. The lowest BCUT2D eigenvalue weighted by atomic mass is 10.2. The predicted octanol–water partition coefficient (Wildman–Crippen LogP) is 4.10. The highest BCUT2D eigenvalue weighted by Gasteiger charge is 2.12. The topological polar surface area (TPSA) is 47.6 Å². The van der Waals surface area contributed by atoms with Crippen LogP contribution < -0.4 is 10.1 Å². The largest absolute Gasteiger partial charge is 0.489 e. The number of anilines is 1. The first-order valence-electron chi connectivity index (χ1n) is 6.38. The number of thiophene rings is 1. The molecule has 0 saturated carbocycles. The fourth-order valence-corrected chi connectivity index (χ4v) is 2.85. The zero-order chi connectivity index (χ0) is 15.2. The molecule has 0 aliphatic rings. The summed E-state index contributed by atoms with van der Waals surface area (Å²) in [6, 6.07) is 7.47. The summed E-state index contributed by atoms with van der Waals surface area (Å²) in [5.74, 6) is 0.493. The van der Waals surface area contributed by atoms with Crippen LogP contribution in [0.1, 0.15) is 15.9 Å². The van der Waals surface area contributed by atoms with Crippen LogP contribution in [0.3, 0.4) is 0 Å². The minimum atomic E-state index is -0.155. The Morgan fingerprint density at radius 3 is 2.81 bits per heavy atom. The first-order valence-corrected chi connectivity index (χ1v) is 8.05. The second-order valence-electron chi connectivity index (χ2n) is 4.43. The normalized spacial score (nSPS) is 10.4. The van der Waals surface area contributed by atoms with Crippen LogP contribution in [0.2, 0.25) is 0 Å². The Morgan fingerprint density at radius 1 is 1.33 bits per heavy atom. The summed E-state index contributed by atoms with van der Waals surface area (Å²) >= 11 is 4.83. The number of aryl methyl sites for hydroxylation is 1. The van der Waals surface area contributed by atoms with E-state index in [1.807, 2.05) is 25.1 Å². The molecule has 4 nitrogen and oxygen atoms in total. The molecule has 1 aromatic heterocycles. The summed E-state index contributed by atoms with van der Waals surface area (Å²) in [6.07, 6.45) is 0. The van der Waals surface area contributed by atoms with Crippen molar-refractivity contribution in [2.24, 2.45) is 0 Å². The van der Waals surface area contributed by atoms with Gasteiger partial charge in [0.25, 0.3) is 5.91 Å².